The van der Waals surface area contributed by atoms with Crippen LogP contribution in [0.2, 0.25) is 5.28 Å². The van der Waals surface area contributed by atoms with Gasteiger partial charge in [-0.25, -0.2) is 4.98 Å². The summed E-state index contributed by atoms with van der Waals surface area (Å²) in [5.74, 6) is 0.211. The van der Waals surface area contributed by atoms with Crippen molar-refractivity contribution in [1.29, 1.82) is 5.26 Å². The van der Waals surface area contributed by atoms with Crippen LogP contribution in [-0.2, 0) is 4.79 Å². The number of nitrogens with zero attached hydrogens (tertiary/aromatic N) is 4. The molecule has 0 aromatic carbocycles. The fourth-order valence-electron chi connectivity index (χ4n) is 1.51. The molecular formula is C9H6BrClN4O. The van der Waals surface area contributed by atoms with E-state index in [-0.39, 0.29) is 27.4 Å². The molecular weight excluding hydrogens is 295 g/mol. The maximum absolute atomic E-state index is 11.6. The molecule has 2 heterocycles. The zero-order valence-corrected chi connectivity index (χ0v) is 10.4. The minimum Gasteiger partial charge on any atom is -0.294 e. The van der Waals surface area contributed by atoms with Crippen LogP contribution in [0, 0.1) is 11.3 Å². The highest BCUT2D eigenvalue weighted by Gasteiger charge is 2.31. The number of anilines is 1. The number of carbonyl (C=O) groups excluding carboxylic acids is 1. The summed E-state index contributed by atoms with van der Waals surface area (Å²) in [6, 6.07) is 1.94. The molecule has 0 aliphatic carbocycles. The first-order valence-electron chi connectivity index (χ1n) is 4.49. The Kier molecular flexibility index (Phi) is 3.08. The van der Waals surface area contributed by atoms with Crippen molar-refractivity contribution in [2.45, 2.75) is 11.2 Å². The molecule has 0 spiro atoms. The molecule has 1 aliphatic heterocycles. The fraction of sp³-hybridized carbons (Fsp3) is 0.333. The molecule has 1 saturated heterocycles. The number of nitriles is 1. The zero-order chi connectivity index (χ0) is 11.7. The van der Waals surface area contributed by atoms with Gasteiger partial charge in [-0.3, -0.25) is 9.69 Å². The lowest BCUT2D eigenvalue weighted by atomic mass is 10.3. The Morgan fingerprint density at radius 3 is 3.00 bits per heavy atom. The molecule has 16 heavy (non-hydrogen) atoms. The third kappa shape index (κ3) is 2.01. The molecule has 1 aromatic heterocycles. The molecule has 0 saturated carbocycles. The van der Waals surface area contributed by atoms with E-state index in [0.717, 1.165) is 0 Å². The van der Waals surface area contributed by atoms with Crippen molar-refractivity contribution >= 4 is 39.3 Å². The number of hydrogen-bond acceptors (Lipinski definition) is 4. The smallest absolute Gasteiger partial charge is 0.229 e. The Balaban J connectivity index is 2.44. The second-order valence-electron chi connectivity index (χ2n) is 3.29. The summed E-state index contributed by atoms with van der Waals surface area (Å²) in [4.78, 5) is 20.8. The molecule has 0 N–H and O–H groups in total. The van der Waals surface area contributed by atoms with Crippen LogP contribution in [0.25, 0.3) is 0 Å². The number of hydrogen-bond donors (Lipinski definition) is 0. The number of rotatable bonds is 1. The Bertz CT molecular complexity index is 487. The van der Waals surface area contributed by atoms with Gasteiger partial charge in [-0.05, 0) is 11.6 Å². The molecule has 2 rings (SSSR count). The number of carbonyl (C=O) groups is 1. The molecule has 7 heteroatoms. The maximum Gasteiger partial charge on any atom is 0.229 e. The first-order chi connectivity index (χ1) is 7.61. The Morgan fingerprint density at radius 2 is 2.44 bits per heavy atom. The van der Waals surface area contributed by atoms with Gasteiger partial charge in [0.25, 0.3) is 0 Å². The average Bonchev–Trinajstić information content (AvgIpc) is 2.57. The minimum atomic E-state index is -0.0758. The summed E-state index contributed by atoms with van der Waals surface area (Å²) in [7, 11) is 0. The summed E-state index contributed by atoms with van der Waals surface area (Å²) < 4.78 is 0. The second kappa shape index (κ2) is 4.36. The largest absolute Gasteiger partial charge is 0.294 e. The van der Waals surface area contributed by atoms with Gasteiger partial charge in [-0.1, -0.05) is 15.9 Å². The Hall–Kier alpha value is -1.19. The van der Waals surface area contributed by atoms with Crippen molar-refractivity contribution in [3.8, 4) is 6.07 Å². The summed E-state index contributed by atoms with van der Waals surface area (Å²) in [5.41, 5.74) is 0.249. The Labute approximate surface area is 105 Å². The molecule has 0 radical (unpaired) electrons. The fourth-order valence-corrected chi connectivity index (χ4v) is 2.20. The lowest BCUT2D eigenvalue weighted by Gasteiger charge is -2.15. The highest BCUT2D eigenvalue weighted by Crippen LogP contribution is 2.26. The van der Waals surface area contributed by atoms with Gasteiger partial charge in [0.05, 0.1) is 6.20 Å². The van der Waals surface area contributed by atoms with E-state index in [1.165, 1.54) is 11.1 Å². The number of alkyl halides is 1. The van der Waals surface area contributed by atoms with Gasteiger partial charge in [0, 0.05) is 17.8 Å². The van der Waals surface area contributed by atoms with Crippen molar-refractivity contribution in [3.63, 3.8) is 0 Å². The van der Waals surface area contributed by atoms with Crippen LogP contribution >= 0.6 is 27.5 Å². The van der Waals surface area contributed by atoms with Crippen LogP contribution in [0.5, 0.6) is 0 Å². The topological polar surface area (TPSA) is 69.9 Å². The molecule has 0 bridgehead atoms. The van der Waals surface area contributed by atoms with Crippen molar-refractivity contribution in [2.24, 2.45) is 0 Å². The highest BCUT2D eigenvalue weighted by atomic mass is 79.9. The van der Waals surface area contributed by atoms with E-state index < -0.39 is 0 Å². The van der Waals surface area contributed by atoms with Crippen LogP contribution in [0.15, 0.2) is 6.20 Å². The first-order valence-corrected chi connectivity index (χ1v) is 5.78. The lowest BCUT2D eigenvalue weighted by Crippen LogP contribution is -2.26. The second-order valence-corrected chi connectivity index (χ2v) is 4.93. The number of aromatic nitrogens is 2. The molecule has 5 nitrogen and oxygen atoms in total. The quantitative estimate of drug-likeness (QED) is 0.582. The van der Waals surface area contributed by atoms with Gasteiger partial charge in [0.1, 0.15) is 11.6 Å². The third-order valence-electron chi connectivity index (χ3n) is 2.19. The van der Waals surface area contributed by atoms with Crippen molar-refractivity contribution in [1.82, 2.24) is 9.97 Å². The average molecular weight is 302 g/mol. The predicted octanol–water partition coefficient (Wildman–Crippen LogP) is 1.50. The van der Waals surface area contributed by atoms with Gasteiger partial charge in [-0.2, -0.15) is 10.2 Å². The van der Waals surface area contributed by atoms with E-state index in [1.54, 1.807) is 0 Å². The van der Waals surface area contributed by atoms with E-state index >= 15 is 0 Å². The van der Waals surface area contributed by atoms with Crippen molar-refractivity contribution in [3.05, 3.63) is 17.0 Å². The Morgan fingerprint density at radius 1 is 1.69 bits per heavy atom. The van der Waals surface area contributed by atoms with E-state index in [1.807, 2.05) is 6.07 Å². The monoisotopic (exact) mass is 300 g/mol. The SMILES string of the molecule is N#Cc1cnc(Cl)nc1N1CC(Br)CC1=O. The van der Waals surface area contributed by atoms with Crippen LogP contribution in [0.4, 0.5) is 5.82 Å². The molecule has 1 aliphatic rings. The van der Waals surface area contributed by atoms with Gasteiger partial charge >= 0.3 is 0 Å². The van der Waals surface area contributed by atoms with E-state index in [4.69, 9.17) is 16.9 Å². The highest BCUT2D eigenvalue weighted by molar-refractivity contribution is 9.09. The molecule has 1 amide bonds. The standard InChI is InChI=1S/C9H6BrClN4O/c10-6-1-7(16)15(4-6)8-5(2-12)3-13-9(11)14-8/h3,6H,1,4H2. The van der Waals surface area contributed by atoms with Gasteiger partial charge < -0.3 is 0 Å². The molecule has 82 valence electrons. The summed E-state index contributed by atoms with van der Waals surface area (Å²) >= 11 is 9.01. The number of halogens is 2. The summed E-state index contributed by atoms with van der Waals surface area (Å²) in [6.45, 7) is 0.487. The predicted molar refractivity (Wildman–Crippen MR) is 61.4 cm³/mol. The normalized spacial score (nSPS) is 19.9. The van der Waals surface area contributed by atoms with Crippen LogP contribution in [-0.4, -0.2) is 27.2 Å². The first kappa shape index (κ1) is 11.3. The van der Waals surface area contributed by atoms with E-state index in [9.17, 15) is 4.79 Å². The van der Waals surface area contributed by atoms with Crippen molar-refractivity contribution < 1.29 is 4.79 Å². The van der Waals surface area contributed by atoms with Gasteiger partial charge in [0.2, 0.25) is 11.2 Å². The summed E-state index contributed by atoms with van der Waals surface area (Å²) in [5, 5.41) is 8.93. The molecule has 1 aromatic rings. The minimum absolute atomic E-state index is 0.0276. The number of amides is 1. The zero-order valence-electron chi connectivity index (χ0n) is 8.02. The van der Waals surface area contributed by atoms with Gasteiger partial charge in [-0.15, -0.1) is 0 Å². The lowest BCUT2D eigenvalue weighted by molar-refractivity contribution is -0.117. The molecule has 1 atom stereocenters. The van der Waals surface area contributed by atoms with Gasteiger partial charge in [0.15, 0.2) is 5.82 Å². The molecule has 1 unspecified atom stereocenters. The van der Waals surface area contributed by atoms with Crippen LogP contribution in [0.1, 0.15) is 12.0 Å². The maximum atomic E-state index is 11.6. The van der Waals surface area contributed by atoms with Crippen molar-refractivity contribution in [2.75, 3.05) is 11.4 Å². The van der Waals surface area contributed by atoms with E-state index in [2.05, 4.69) is 25.9 Å². The molecule has 1 fully saturated rings. The van der Waals surface area contributed by atoms with E-state index in [0.29, 0.717) is 13.0 Å². The van der Waals surface area contributed by atoms with Crippen LogP contribution in [0.3, 0.4) is 0 Å². The third-order valence-corrected chi connectivity index (χ3v) is 2.99. The van der Waals surface area contributed by atoms with Crippen LogP contribution < -0.4 is 4.90 Å². The summed E-state index contributed by atoms with van der Waals surface area (Å²) in [6.07, 6.45) is 1.71.